The minimum atomic E-state index is 0.543. The molecule has 1 aliphatic carbocycles. The third-order valence-electron chi connectivity index (χ3n) is 5.40. The van der Waals surface area contributed by atoms with Crippen molar-refractivity contribution < 1.29 is 0 Å². The van der Waals surface area contributed by atoms with Gasteiger partial charge in [-0.2, -0.15) is 0 Å². The molecular weight excluding hydrogens is 406 g/mol. The minimum Gasteiger partial charge on any atom is -0.122 e. The standard InChI is InChI=1S/C22H24Cl4/c23-11-19-9-21(13-25)17-5-2-6-18-8-16(4-1-3-15(19)7-17)20(12-24)10-22(18)14-26/h7-10H,1-6,11-14H2. The average molecular weight is 430 g/mol. The Morgan fingerprint density at radius 3 is 0.962 bits per heavy atom. The van der Waals surface area contributed by atoms with Crippen LogP contribution in [0.4, 0.5) is 0 Å². The largest absolute Gasteiger partial charge is 0.122 e. The first-order chi connectivity index (χ1) is 12.7. The fraction of sp³-hybridized carbons (Fsp3) is 0.455. The predicted octanol–water partition coefficient (Wildman–Crippen LogP) is 7.31. The molecule has 140 valence electrons. The molecule has 0 N–H and O–H groups in total. The van der Waals surface area contributed by atoms with Crippen molar-refractivity contribution in [3.8, 4) is 0 Å². The summed E-state index contributed by atoms with van der Waals surface area (Å²) in [5.41, 5.74) is 10.4. The number of rotatable bonds is 4. The quantitative estimate of drug-likeness (QED) is 0.447. The summed E-state index contributed by atoms with van der Waals surface area (Å²) in [7, 11) is 0. The van der Waals surface area contributed by atoms with Crippen molar-refractivity contribution in [2.45, 2.75) is 62.0 Å². The van der Waals surface area contributed by atoms with Gasteiger partial charge in [0.15, 0.2) is 0 Å². The summed E-state index contributed by atoms with van der Waals surface area (Å²) >= 11 is 24.8. The van der Waals surface area contributed by atoms with E-state index in [1.165, 1.54) is 44.5 Å². The molecule has 2 aromatic carbocycles. The highest BCUT2D eigenvalue weighted by molar-refractivity contribution is 6.18. The highest BCUT2D eigenvalue weighted by Gasteiger charge is 2.14. The van der Waals surface area contributed by atoms with Gasteiger partial charge in [-0.1, -0.05) is 24.3 Å². The van der Waals surface area contributed by atoms with Crippen molar-refractivity contribution in [1.82, 2.24) is 0 Å². The number of hydrogen-bond donors (Lipinski definition) is 0. The maximum absolute atomic E-state index is 6.20. The van der Waals surface area contributed by atoms with Gasteiger partial charge in [0.2, 0.25) is 0 Å². The first-order valence-electron chi connectivity index (χ1n) is 9.21. The molecule has 1 aliphatic rings. The molecule has 4 bridgehead atoms. The Bertz CT molecular complexity index is 647. The Labute approximate surface area is 176 Å². The monoisotopic (exact) mass is 428 g/mol. The van der Waals surface area contributed by atoms with Gasteiger partial charge in [0, 0.05) is 23.5 Å². The van der Waals surface area contributed by atoms with E-state index in [1.54, 1.807) is 0 Å². The van der Waals surface area contributed by atoms with Crippen LogP contribution in [-0.2, 0) is 49.2 Å². The van der Waals surface area contributed by atoms with Gasteiger partial charge < -0.3 is 0 Å². The van der Waals surface area contributed by atoms with Crippen molar-refractivity contribution >= 4 is 46.4 Å². The second kappa shape index (κ2) is 9.69. The van der Waals surface area contributed by atoms with Gasteiger partial charge in [0.25, 0.3) is 0 Å². The van der Waals surface area contributed by atoms with Gasteiger partial charge >= 0.3 is 0 Å². The lowest BCUT2D eigenvalue weighted by Gasteiger charge is -2.18. The first-order valence-corrected chi connectivity index (χ1v) is 11.3. The highest BCUT2D eigenvalue weighted by atomic mass is 35.5. The fourth-order valence-corrected chi connectivity index (χ4v) is 4.95. The summed E-state index contributed by atoms with van der Waals surface area (Å²) < 4.78 is 0. The van der Waals surface area contributed by atoms with Crippen LogP contribution in [0.2, 0.25) is 0 Å². The van der Waals surface area contributed by atoms with Crippen LogP contribution in [0, 0.1) is 0 Å². The molecule has 0 radical (unpaired) electrons. The van der Waals surface area contributed by atoms with E-state index in [-0.39, 0.29) is 0 Å². The Morgan fingerprint density at radius 2 is 0.731 bits per heavy atom. The van der Waals surface area contributed by atoms with Gasteiger partial charge in [-0.25, -0.2) is 0 Å². The summed E-state index contributed by atoms with van der Waals surface area (Å²) in [4.78, 5) is 0. The summed E-state index contributed by atoms with van der Waals surface area (Å²) in [5.74, 6) is 2.17. The van der Waals surface area contributed by atoms with Crippen molar-refractivity contribution in [1.29, 1.82) is 0 Å². The molecule has 3 rings (SSSR count). The molecule has 0 saturated heterocycles. The third-order valence-corrected chi connectivity index (χ3v) is 6.56. The number of fused-ring (bicyclic) bond motifs is 4. The number of benzene rings is 2. The van der Waals surface area contributed by atoms with E-state index in [1.807, 2.05) is 0 Å². The Balaban J connectivity index is 1.97. The topological polar surface area (TPSA) is 0 Å². The van der Waals surface area contributed by atoms with Gasteiger partial charge in [-0.3, -0.25) is 0 Å². The maximum atomic E-state index is 6.20. The summed E-state index contributed by atoms with van der Waals surface area (Å²) in [5, 5.41) is 0. The molecule has 0 aromatic heterocycles. The molecular formula is C22H24Cl4. The van der Waals surface area contributed by atoms with Crippen LogP contribution in [0.15, 0.2) is 24.3 Å². The van der Waals surface area contributed by atoms with E-state index in [9.17, 15) is 0 Å². The number of alkyl halides is 4. The van der Waals surface area contributed by atoms with E-state index >= 15 is 0 Å². The first kappa shape index (κ1) is 20.3. The summed E-state index contributed by atoms with van der Waals surface area (Å²) in [6.07, 6.45) is 6.32. The van der Waals surface area contributed by atoms with Crippen LogP contribution in [0.5, 0.6) is 0 Å². The van der Waals surface area contributed by atoms with Gasteiger partial charge in [-0.05, 0) is 83.0 Å². The van der Waals surface area contributed by atoms with E-state index in [0.717, 1.165) is 38.5 Å². The molecule has 0 spiro atoms. The minimum absolute atomic E-state index is 0.543. The molecule has 26 heavy (non-hydrogen) atoms. The van der Waals surface area contributed by atoms with Crippen molar-refractivity contribution in [3.05, 3.63) is 68.8 Å². The van der Waals surface area contributed by atoms with E-state index in [2.05, 4.69) is 24.3 Å². The van der Waals surface area contributed by atoms with Crippen molar-refractivity contribution in [2.24, 2.45) is 0 Å². The summed E-state index contributed by atoms with van der Waals surface area (Å²) in [6.45, 7) is 0. The number of hydrogen-bond acceptors (Lipinski definition) is 0. The molecule has 0 heterocycles. The predicted molar refractivity (Wildman–Crippen MR) is 115 cm³/mol. The number of halogens is 4. The smallest absolute Gasteiger partial charge is 0.0476 e. The zero-order valence-electron chi connectivity index (χ0n) is 14.9. The molecule has 0 fully saturated rings. The molecule has 0 aliphatic heterocycles. The second-order valence-corrected chi connectivity index (χ2v) is 8.09. The van der Waals surface area contributed by atoms with E-state index < -0.39 is 0 Å². The van der Waals surface area contributed by atoms with Crippen molar-refractivity contribution in [2.75, 3.05) is 0 Å². The Morgan fingerprint density at radius 1 is 0.462 bits per heavy atom. The molecule has 0 amide bonds. The Hall–Kier alpha value is -0.400. The van der Waals surface area contributed by atoms with Crippen LogP contribution in [0.25, 0.3) is 0 Å². The highest BCUT2D eigenvalue weighted by Crippen LogP contribution is 2.28. The lowest BCUT2D eigenvalue weighted by molar-refractivity contribution is 0.774. The molecule has 0 nitrogen and oxygen atoms in total. The van der Waals surface area contributed by atoms with E-state index in [4.69, 9.17) is 46.4 Å². The van der Waals surface area contributed by atoms with Crippen LogP contribution in [-0.4, -0.2) is 0 Å². The Kier molecular flexibility index (Phi) is 7.58. The lowest BCUT2D eigenvalue weighted by Crippen LogP contribution is -2.06. The van der Waals surface area contributed by atoms with Gasteiger partial charge in [0.1, 0.15) is 0 Å². The van der Waals surface area contributed by atoms with E-state index in [0.29, 0.717) is 23.5 Å². The fourth-order valence-electron chi connectivity index (χ4n) is 3.95. The molecule has 0 atom stereocenters. The molecule has 0 saturated carbocycles. The van der Waals surface area contributed by atoms with Crippen molar-refractivity contribution in [3.63, 3.8) is 0 Å². The maximum Gasteiger partial charge on any atom is 0.0476 e. The zero-order valence-corrected chi connectivity index (χ0v) is 17.9. The van der Waals surface area contributed by atoms with Crippen LogP contribution < -0.4 is 0 Å². The second-order valence-electron chi connectivity index (χ2n) is 7.02. The third kappa shape index (κ3) is 4.53. The summed E-state index contributed by atoms with van der Waals surface area (Å²) in [6, 6.07) is 9.11. The normalized spacial score (nSPS) is 14.6. The lowest BCUT2D eigenvalue weighted by atomic mass is 9.89. The van der Waals surface area contributed by atoms with Crippen LogP contribution in [0.1, 0.15) is 57.3 Å². The molecule has 0 unspecified atom stereocenters. The molecule has 4 heteroatoms. The average Bonchev–Trinajstić information content (AvgIpc) is 2.67. The van der Waals surface area contributed by atoms with Gasteiger partial charge in [0.05, 0.1) is 0 Å². The van der Waals surface area contributed by atoms with Crippen LogP contribution in [0.3, 0.4) is 0 Å². The SMILES string of the molecule is ClCc1cc(CCl)c2cc1CCCc1cc(c(CCl)cc1CCl)CCC2. The zero-order chi connectivity index (χ0) is 18.5. The molecule has 2 aromatic rings. The van der Waals surface area contributed by atoms with Crippen LogP contribution >= 0.6 is 46.4 Å². The number of aryl methyl sites for hydroxylation is 4. The van der Waals surface area contributed by atoms with Gasteiger partial charge in [-0.15, -0.1) is 46.4 Å².